The normalized spacial score (nSPS) is 17.6. The molecule has 74 heavy (non-hydrogen) atoms. The predicted molar refractivity (Wildman–Crippen MR) is 274 cm³/mol. The number of aromatic amines is 4. The highest BCUT2D eigenvalue weighted by molar-refractivity contribution is 7.87. The largest absolute Gasteiger partial charge is 0.434 e. The van der Waals surface area contributed by atoms with Gasteiger partial charge in [-0.05, 0) is 133 Å². The van der Waals surface area contributed by atoms with Crippen LogP contribution in [0.2, 0.25) is 0 Å². The average molecular weight is 1050 g/mol. The molecule has 4 aromatic heterocycles. The Bertz CT molecular complexity index is 3720. The summed E-state index contributed by atoms with van der Waals surface area (Å²) in [5.41, 5.74) is 8.34. The lowest BCUT2D eigenvalue weighted by Gasteiger charge is -2.33. The van der Waals surface area contributed by atoms with Crippen molar-refractivity contribution >= 4 is 42.2 Å². The topological polar surface area (TPSA) is 248 Å². The fourth-order valence-electron chi connectivity index (χ4n) is 11.3. The van der Waals surface area contributed by atoms with Crippen LogP contribution in [0.5, 0.6) is 0 Å². The van der Waals surface area contributed by atoms with E-state index in [1.165, 1.54) is 20.7 Å². The zero-order valence-corrected chi connectivity index (χ0v) is 43.1. The zero-order valence-electron chi connectivity index (χ0n) is 41.5. The third-order valence-corrected chi connectivity index (χ3v) is 18.7. The van der Waals surface area contributed by atoms with Crippen molar-refractivity contribution in [2.24, 2.45) is 0 Å². The summed E-state index contributed by atoms with van der Waals surface area (Å²) in [6.07, 6.45) is 6.47. The number of H-pyrrole nitrogens is 4. The van der Waals surface area contributed by atoms with E-state index in [-0.39, 0.29) is 60.9 Å². The number of hydrogen-bond acceptors (Lipinski definition) is 10. The van der Waals surface area contributed by atoms with Crippen LogP contribution in [0.3, 0.4) is 0 Å². The van der Waals surface area contributed by atoms with Crippen molar-refractivity contribution in [2.45, 2.75) is 102 Å². The second kappa shape index (κ2) is 20.3. The summed E-state index contributed by atoms with van der Waals surface area (Å²) in [4.78, 5) is 31.1. The third-order valence-electron chi connectivity index (χ3n) is 15.5. The number of aryl methyl sites for hydroxylation is 1. The van der Waals surface area contributed by atoms with Gasteiger partial charge in [-0.1, -0.05) is 62.4 Å². The highest BCUT2D eigenvalue weighted by atomic mass is 32.2. The molecule has 0 bridgehead atoms. The third kappa shape index (κ3) is 9.81. The Kier molecular flexibility index (Phi) is 14.0. The Labute approximate surface area is 425 Å². The molecule has 2 aliphatic rings. The number of hydrogen-bond donors (Lipinski definition) is 6. The number of nitrogens with zero attached hydrogens (tertiary/aromatic N) is 4. The molecule has 8 aromatic rings. The molecule has 6 N–H and O–H groups in total. The molecule has 2 fully saturated rings. The number of fused-ring (bicyclic) bond motifs is 2. The van der Waals surface area contributed by atoms with Crippen LogP contribution in [0.1, 0.15) is 137 Å². The molecule has 4 atom stereocenters. The maximum atomic E-state index is 16.2. The Morgan fingerprint density at radius 3 is 1.69 bits per heavy atom. The summed E-state index contributed by atoms with van der Waals surface area (Å²) in [5.74, 6) is -4.81. The number of nitrogens with one attached hydrogen (secondary N) is 6. The summed E-state index contributed by atoms with van der Waals surface area (Å²) in [6.45, 7) is 9.55. The number of rotatable bonds is 16. The molecule has 22 heteroatoms. The van der Waals surface area contributed by atoms with Gasteiger partial charge in [0, 0.05) is 72.2 Å². The minimum atomic E-state index is -4.20. The van der Waals surface area contributed by atoms with E-state index in [2.05, 4.69) is 45.9 Å². The maximum absolute atomic E-state index is 16.2. The van der Waals surface area contributed by atoms with Gasteiger partial charge < -0.3 is 18.8 Å². The Morgan fingerprint density at radius 1 is 0.635 bits per heavy atom. The molecular weight excluding hydrogens is 995 g/mol. The number of halogens is 2. The lowest BCUT2D eigenvalue weighted by molar-refractivity contribution is 0.306. The lowest BCUT2D eigenvalue weighted by atomic mass is 9.86. The van der Waals surface area contributed by atoms with Gasteiger partial charge >= 0.3 is 11.5 Å². The molecule has 10 rings (SSSR count). The Morgan fingerprint density at radius 2 is 1.14 bits per heavy atom. The van der Waals surface area contributed by atoms with E-state index in [4.69, 9.17) is 8.83 Å². The average Bonchev–Trinajstić information content (AvgIpc) is 4.22. The fourth-order valence-corrected chi connectivity index (χ4v) is 14.2. The number of para-hydroxylation sites is 2. The van der Waals surface area contributed by atoms with Gasteiger partial charge in [0.05, 0.1) is 0 Å². The summed E-state index contributed by atoms with van der Waals surface area (Å²) in [6, 6.07) is 17.5. The molecule has 390 valence electrons. The van der Waals surface area contributed by atoms with Crippen molar-refractivity contribution in [3.05, 3.63) is 174 Å². The van der Waals surface area contributed by atoms with E-state index in [1.54, 1.807) is 39.8 Å². The molecule has 2 saturated heterocycles. The van der Waals surface area contributed by atoms with Crippen LogP contribution in [0.15, 0.2) is 97.5 Å². The molecule has 0 radical (unpaired) electrons. The minimum Gasteiger partial charge on any atom is -0.391 e. The van der Waals surface area contributed by atoms with Crippen LogP contribution in [-0.4, -0.2) is 82.0 Å². The highest BCUT2D eigenvalue weighted by Gasteiger charge is 2.39. The molecule has 4 aromatic carbocycles. The Balaban J connectivity index is 0.841. The van der Waals surface area contributed by atoms with Gasteiger partial charge in [0.25, 0.3) is 20.4 Å². The van der Waals surface area contributed by atoms with E-state index in [1.807, 2.05) is 55.7 Å². The molecule has 6 heterocycles. The van der Waals surface area contributed by atoms with E-state index in [9.17, 15) is 26.4 Å². The number of benzene rings is 4. The van der Waals surface area contributed by atoms with E-state index < -0.39 is 67.5 Å². The number of piperidine rings is 2. The summed E-state index contributed by atoms with van der Waals surface area (Å²) in [5, 5.41) is 14.4. The monoisotopic (exact) mass is 1050 g/mol. The van der Waals surface area contributed by atoms with Crippen molar-refractivity contribution in [3.8, 4) is 0 Å². The van der Waals surface area contributed by atoms with Crippen LogP contribution >= 0.6 is 0 Å². The van der Waals surface area contributed by atoms with Gasteiger partial charge in [0.1, 0.15) is 23.7 Å². The predicted octanol–water partition coefficient (Wildman–Crippen LogP) is 7.91. The van der Waals surface area contributed by atoms with Crippen LogP contribution in [0.4, 0.5) is 8.78 Å². The van der Waals surface area contributed by atoms with Crippen molar-refractivity contribution < 1.29 is 34.5 Å². The SMILES string of the molecule is Cc1ccc(F)c([C@H](C)[C@H](NS(=O)(=O)N2CCC(c3c[nH]c4c(Cc5ccc(F)c([C@@H](C)[C@H](NS(=O)(=O)N6CCC(c7c[nH]c8ccccc78)CC6)c6n[nH]c(=O)o6)c5C)cccc34)CC2)c2n[nH]c(=O)o2)c1C. The minimum absolute atomic E-state index is 0.0118. The molecular formula is C52H58F2N10O8S2. The lowest BCUT2D eigenvalue weighted by Crippen LogP contribution is -2.46. The van der Waals surface area contributed by atoms with E-state index >= 15 is 8.78 Å². The van der Waals surface area contributed by atoms with Crippen LogP contribution in [-0.2, 0) is 26.8 Å². The van der Waals surface area contributed by atoms with Crippen LogP contribution in [0, 0.1) is 32.4 Å². The summed E-state index contributed by atoms with van der Waals surface area (Å²) in [7, 11) is -8.40. The Hall–Kier alpha value is -6.56. The summed E-state index contributed by atoms with van der Waals surface area (Å²) >= 11 is 0. The molecule has 18 nitrogen and oxygen atoms in total. The van der Waals surface area contributed by atoms with Crippen LogP contribution in [0.25, 0.3) is 21.8 Å². The van der Waals surface area contributed by atoms with E-state index in [0.717, 1.165) is 49.6 Å². The van der Waals surface area contributed by atoms with Crippen molar-refractivity contribution in [1.82, 2.24) is 48.4 Å². The maximum Gasteiger partial charge on any atom is 0.434 e. The second-order valence-corrected chi connectivity index (χ2v) is 23.1. The summed E-state index contributed by atoms with van der Waals surface area (Å²) < 4.78 is 107. The molecule has 0 spiro atoms. The van der Waals surface area contributed by atoms with Gasteiger partial charge in [0.2, 0.25) is 11.8 Å². The van der Waals surface area contributed by atoms with Gasteiger partial charge in [-0.3, -0.25) is 0 Å². The first-order chi connectivity index (χ1) is 35.4. The smallest absolute Gasteiger partial charge is 0.391 e. The molecule has 0 unspecified atom stereocenters. The first-order valence-electron chi connectivity index (χ1n) is 24.7. The molecule has 0 amide bonds. The van der Waals surface area contributed by atoms with Gasteiger partial charge in [0.15, 0.2) is 0 Å². The van der Waals surface area contributed by atoms with Gasteiger partial charge in [-0.15, -0.1) is 10.2 Å². The standard InChI is InChI=1S/C52H58F2N10O8S2/c1-28-13-15-41(53)44(29(28)2)31(4)46(49-57-59-51(65)71-49)61-73(67,68)64-23-19-34(20-24-64)40-27-56-48-36(9-8-11-38(40)48)25-35-14-16-42(54)45(30(35)3)32(5)47(50-58-60-52(66)72-50)62-74(69,70)63-21-17-33(18-22-63)39-26-55-43-12-7-6-10-37(39)43/h6-16,26-27,31-34,46-47,55-56,61-62H,17-25H2,1-5H3,(H,59,65)(H,60,66)/t31-,32+,46-,47-/m0/s1. The van der Waals surface area contributed by atoms with Crippen molar-refractivity contribution in [1.29, 1.82) is 0 Å². The molecule has 0 aliphatic carbocycles. The van der Waals surface area contributed by atoms with E-state index in [0.29, 0.717) is 43.2 Å². The zero-order chi connectivity index (χ0) is 52.2. The van der Waals surface area contributed by atoms with Crippen molar-refractivity contribution in [2.75, 3.05) is 26.2 Å². The molecule has 2 aliphatic heterocycles. The fraction of sp³-hybridized carbons (Fsp3) is 0.385. The first kappa shape index (κ1) is 50.9. The highest BCUT2D eigenvalue weighted by Crippen LogP contribution is 2.41. The van der Waals surface area contributed by atoms with Gasteiger partial charge in [-0.2, -0.15) is 34.9 Å². The second-order valence-electron chi connectivity index (χ2n) is 19.7. The first-order valence-corrected chi connectivity index (χ1v) is 27.6. The van der Waals surface area contributed by atoms with Gasteiger partial charge in [-0.25, -0.2) is 28.6 Å². The number of aromatic nitrogens is 6. The quantitative estimate of drug-likeness (QED) is 0.0546. The van der Waals surface area contributed by atoms with Crippen LogP contribution < -0.4 is 21.0 Å². The molecule has 0 saturated carbocycles. The van der Waals surface area contributed by atoms with Crippen molar-refractivity contribution in [3.63, 3.8) is 0 Å².